The molecule has 0 aliphatic carbocycles. The summed E-state index contributed by atoms with van der Waals surface area (Å²) in [6.45, 7) is 4.32. The van der Waals surface area contributed by atoms with Crippen molar-refractivity contribution in [1.82, 2.24) is 5.32 Å². The lowest BCUT2D eigenvalue weighted by atomic mass is 10.0. The molecule has 1 atom stereocenters. The van der Waals surface area contributed by atoms with Crippen LogP contribution in [-0.4, -0.2) is 5.91 Å². The number of carbonyl (C=O) groups is 1. The summed E-state index contributed by atoms with van der Waals surface area (Å²) in [5.74, 6) is 1.50. The van der Waals surface area contributed by atoms with Crippen LogP contribution in [0, 0.1) is 6.92 Å². The van der Waals surface area contributed by atoms with Crippen LogP contribution in [0.5, 0.6) is 5.75 Å². The molecule has 0 spiro atoms. The molecule has 0 aliphatic rings. The van der Waals surface area contributed by atoms with E-state index in [0.717, 1.165) is 23.3 Å². The number of para-hydroxylation sites is 1. The molecule has 3 aromatic rings. The Morgan fingerprint density at radius 1 is 1.04 bits per heavy atom. The molecule has 0 aliphatic heterocycles. The lowest BCUT2D eigenvalue weighted by molar-refractivity contribution is 0.0903. The zero-order chi connectivity index (χ0) is 18.4. The van der Waals surface area contributed by atoms with E-state index in [0.29, 0.717) is 11.5 Å². The first kappa shape index (κ1) is 17.8. The predicted molar refractivity (Wildman–Crippen MR) is 101 cm³/mol. The molecule has 0 radical (unpaired) electrons. The molecule has 0 bridgehead atoms. The lowest BCUT2D eigenvalue weighted by Crippen LogP contribution is -2.27. The van der Waals surface area contributed by atoms with E-state index < -0.39 is 0 Å². The van der Waals surface area contributed by atoms with Crippen LogP contribution < -0.4 is 10.1 Å². The summed E-state index contributed by atoms with van der Waals surface area (Å²) in [5.41, 5.74) is 2.14. The Bertz CT molecular complexity index is 855. The van der Waals surface area contributed by atoms with Crippen molar-refractivity contribution in [3.63, 3.8) is 0 Å². The van der Waals surface area contributed by atoms with E-state index in [1.807, 2.05) is 68.4 Å². The molecule has 1 amide bonds. The SMILES string of the molecule is CCC(NC(=O)c1ccc(COc2ccccc2C)o1)c1ccccc1. The van der Waals surface area contributed by atoms with Gasteiger partial charge >= 0.3 is 0 Å². The number of benzene rings is 2. The molecule has 2 aromatic carbocycles. The van der Waals surface area contributed by atoms with E-state index in [9.17, 15) is 4.79 Å². The zero-order valence-electron chi connectivity index (χ0n) is 15.1. The van der Waals surface area contributed by atoms with E-state index in [4.69, 9.17) is 9.15 Å². The van der Waals surface area contributed by atoms with Gasteiger partial charge in [0, 0.05) is 0 Å². The highest BCUT2D eigenvalue weighted by atomic mass is 16.5. The summed E-state index contributed by atoms with van der Waals surface area (Å²) in [6, 6.07) is 21.1. The summed E-state index contributed by atoms with van der Waals surface area (Å²) in [4.78, 5) is 12.5. The van der Waals surface area contributed by atoms with Crippen molar-refractivity contribution in [3.8, 4) is 5.75 Å². The van der Waals surface area contributed by atoms with Crippen molar-refractivity contribution in [1.29, 1.82) is 0 Å². The van der Waals surface area contributed by atoms with Crippen molar-refractivity contribution in [2.75, 3.05) is 0 Å². The van der Waals surface area contributed by atoms with Gasteiger partial charge in [-0.3, -0.25) is 4.79 Å². The highest BCUT2D eigenvalue weighted by Gasteiger charge is 2.17. The van der Waals surface area contributed by atoms with Crippen molar-refractivity contribution < 1.29 is 13.9 Å². The number of furan rings is 1. The second kappa shape index (κ2) is 8.39. The number of hydrogen-bond acceptors (Lipinski definition) is 3. The quantitative estimate of drug-likeness (QED) is 0.649. The van der Waals surface area contributed by atoms with Gasteiger partial charge in [0.25, 0.3) is 5.91 Å². The van der Waals surface area contributed by atoms with Crippen LogP contribution in [0.1, 0.15) is 46.8 Å². The number of rotatable bonds is 7. The van der Waals surface area contributed by atoms with Gasteiger partial charge in [-0.1, -0.05) is 55.5 Å². The first-order chi connectivity index (χ1) is 12.7. The third-order valence-corrected chi connectivity index (χ3v) is 4.26. The molecule has 134 valence electrons. The average molecular weight is 349 g/mol. The Labute approximate surface area is 153 Å². The largest absolute Gasteiger partial charge is 0.485 e. The Balaban J connectivity index is 1.61. The van der Waals surface area contributed by atoms with Crippen LogP contribution in [0.3, 0.4) is 0 Å². The van der Waals surface area contributed by atoms with Crippen LogP contribution in [-0.2, 0) is 6.61 Å². The van der Waals surface area contributed by atoms with Gasteiger partial charge in [0.15, 0.2) is 5.76 Å². The second-order valence-electron chi connectivity index (χ2n) is 6.17. The molecule has 1 N–H and O–H groups in total. The molecule has 3 rings (SSSR count). The molecule has 0 fully saturated rings. The summed E-state index contributed by atoms with van der Waals surface area (Å²) in [6.07, 6.45) is 0.805. The summed E-state index contributed by atoms with van der Waals surface area (Å²) in [5, 5.41) is 3.02. The fourth-order valence-corrected chi connectivity index (χ4v) is 2.78. The van der Waals surface area contributed by atoms with E-state index in [1.54, 1.807) is 12.1 Å². The van der Waals surface area contributed by atoms with E-state index >= 15 is 0 Å². The molecule has 1 aromatic heterocycles. The van der Waals surface area contributed by atoms with Gasteiger partial charge in [0.05, 0.1) is 6.04 Å². The van der Waals surface area contributed by atoms with Gasteiger partial charge < -0.3 is 14.5 Å². The smallest absolute Gasteiger partial charge is 0.287 e. The maximum Gasteiger partial charge on any atom is 0.287 e. The minimum Gasteiger partial charge on any atom is -0.485 e. The molecule has 0 saturated heterocycles. The molecule has 1 unspecified atom stereocenters. The number of carbonyl (C=O) groups excluding carboxylic acids is 1. The molecule has 0 saturated carbocycles. The fourth-order valence-electron chi connectivity index (χ4n) is 2.78. The van der Waals surface area contributed by atoms with E-state index in [1.165, 1.54) is 0 Å². The Kier molecular flexibility index (Phi) is 5.74. The maximum absolute atomic E-state index is 12.5. The van der Waals surface area contributed by atoms with Gasteiger partial charge in [-0.15, -0.1) is 0 Å². The summed E-state index contributed by atoms with van der Waals surface area (Å²) in [7, 11) is 0. The predicted octanol–water partition coefficient (Wildman–Crippen LogP) is 5.05. The maximum atomic E-state index is 12.5. The van der Waals surface area contributed by atoms with Crippen LogP contribution >= 0.6 is 0 Å². The van der Waals surface area contributed by atoms with Crippen molar-refractivity contribution in [2.24, 2.45) is 0 Å². The van der Waals surface area contributed by atoms with Gasteiger partial charge in [-0.2, -0.15) is 0 Å². The van der Waals surface area contributed by atoms with Gasteiger partial charge in [-0.25, -0.2) is 0 Å². The Morgan fingerprint density at radius 2 is 1.77 bits per heavy atom. The van der Waals surface area contributed by atoms with Crippen molar-refractivity contribution in [2.45, 2.75) is 32.9 Å². The monoisotopic (exact) mass is 349 g/mol. The van der Waals surface area contributed by atoms with Gasteiger partial charge in [0.2, 0.25) is 0 Å². The first-order valence-electron chi connectivity index (χ1n) is 8.80. The van der Waals surface area contributed by atoms with E-state index in [2.05, 4.69) is 5.32 Å². The van der Waals surface area contributed by atoms with Crippen LogP contribution in [0.15, 0.2) is 71.1 Å². The number of amides is 1. The van der Waals surface area contributed by atoms with E-state index in [-0.39, 0.29) is 18.6 Å². The van der Waals surface area contributed by atoms with Crippen LogP contribution in [0.4, 0.5) is 0 Å². The molecular weight excluding hydrogens is 326 g/mol. The minimum atomic E-state index is -0.220. The topological polar surface area (TPSA) is 51.5 Å². The Morgan fingerprint density at radius 3 is 2.50 bits per heavy atom. The third kappa shape index (κ3) is 4.33. The minimum absolute atomic E-state index is 0.0412. The van der Waals surface area contributed by atoms with Gasteiger partial charge in [0.1, 0.15) is 18.1 Å². The van der Waals surface area contributed by atoms with Crippen LogP contribution in [0.2, 0.25) is 0 Å². The van der Waals surface area contributed by atoms with Gasteiger partial charge in [-0.05, 0) is 42.7 Å². The molecule has 26 heavy (non-hydrogen) atoms. The average Bonchev–Trinajstić information content (AvgIpc) is 3.15. The number of hydrogen-bond donors (Lipinski definition) is 1. The third-order valence-electron chi connectivity index (χ3n) is 4.26. The second-order valence-corrected chi connectivity index (χ2v) is 6.17. The highest BCUT2D eigenvalue weighted by Crippen LogP contribution is 2.20. The number of ether oxygens (including phenoxy) is 1. The lowest BCUT2D eigenvalue weighted by Gasteiger charge is -2.16. The standard InChI is InChI=1S/C22H23NO3/c1-3-19(17-10-5-4-6-11-17)23-22(24)21-14-13-18(26-21)15-25-20-12-8-7-9-16(20)2/h4-14,19H,3,15H2,1-2H3,(H,23,24). The van der Waals surface area contributed by atoms with Crippen LogP contribution in [0.25, 0.3) is 0 Å². The van der Waals surface area contributed by atoms with Crippen molar-refractivity contribution in [3.05, 3.63) is 89.4 Å². The highest BCUT2D eigenvalue weighted by molar-refractivity contribution is 5.91. The molecule has 4 nitrogen and oxygen atoms in total. The summed E-state index contributed by atoms with van der Waals surface area (Å²) >= 11 is 0. The Hall–Kier alpha value is -3.01. The summed E-state index contributed by atoms with van der Waals surface area (Å²) < 4.78 is 11.4. The molecule has 4 heteroatoms. The molecule has 1 heterocycles. The number of nitrogens with one attached hydrogen (secondary N) is 1. The fraction of sp³-hybridized carbons (Fsp3) is 0.227. The first-order valence-corrected chi connectivity index (χ1v) is 8.80. The van der Waals surface area contributed by atoms with Crippen molar-refractivity contribution >= 4 is 5.91 Å². The number of aryl methyl sites for hydroxylation is 1. The normalized spacial score (nSPS) is 11.8. The zero-order valence-corrected chi connectivity index (χ0v) is 15.1. The molecular formula is C22H23NO3.